The molecule has 1 N–H and O–H groups in total. The number of amides is 1. The van der Waals surface area contributed by atoms with Crippen LogP contribution >= 0.6 is 0 Å². The number of hydrogen-bond acceptors (Lipinski definition) is 5. The number of carboxylic acids is 1. The molecule has 10 heteroatoms. The number of hydrogen-bond donors (Lipinski definition) is 1. The van der Waals surface area contributed by atoms with Crippen molar-refractivity contribution in [2.45, 2.75) is 52.4 Å². The van der Waals surface area contributed by atoms with Crippen molar-refractivity contribution in [2.24, 2.45) is 0 Å². The van der Waals surface area contributed by atoms with E-state index in [1.807, 2.05) is 6.07 Å². The first-order valence-corrected chi connectivity index (χ1v) is 14.4. The van der Waals surface area contributed by atoms with Crippen LogP contribution in [0.4, 0.5) is 13.2 Å². The van der Waals surface area contributed by atoms with Crippen molar-refractivity contribution in [3.63, 3.8) is 0 Å². The Morgan fingerprint density at radius 2 is 1.65 bits per heavy atom. The number of aryl methyl sites for hydroxylation is 1. The lowest BCUT2D eigenvalue weighted by atomic mass is 9.83. The summed E-state index contributed by atoms with van der Waals surface area (Å²) in [6, 6.07) is 23.5. The maximum absolute atomic E-state index is 14.3. The first kappa shape index (κ1) is 32.0. The van der Waals surface area contributed by atoms with E-state index in [0.29, 0.717) is 50.0 Å². The monoisotopic (exact) mass is 625 g/mol. The molecule has 5 rings (SSSR count). The molecule has 3 aromatic carbocycles. The number of aromatic nitrogens is 1. The van der Waals surface area contributed by atoms with Crippen LogP contribution in [0.25, 0.3) is 22.0 Å². The van der Waals surface area contributed by atoms with Crippen LogP contribution in [0.3, 0.4) is 0 Å². The van der Waals surface area contributed by atoms with Crippen molar-refractivity contribution in [3.8, 4) is 17.2 Å². The molecular weight excluding hydrogens is 595 g/mol. The second-order valence-corrected chi connectivity index (χ2v) is 11.6. The molecule has 0 saturated carbocycles. The molecule has 0 fully saturated rings. The number of pyridine rings is 1. The molecule has 0 unspecified atom stereocenters. The van der Waals surface area contributed by atoms with Gasteiger partial charge in [0.1, 0.15) is 5.76 Å². The largest absolute Gasteiger partial charge is 0.481 e. The topological polar surface area (TPSA) is 107 Å². The number of carbonyl (C=O) groups excluding carboxylic acids is 1. The molecule has 0 bridgehead atoms. The number of carbonyl (C=O) groups is 2. The zero-order chi connectivity index (χ0) is 33.4. The van der Waals surface area contributed by atoms with E-state index in [1.165, 1.54) is 11.0 Å². The highest BCUT2D eigenvalue weighted by Crippen LogP contribution is 2.33. The molecule has 0 aliphatic heterocycles. The Kier molecular flexibility index (Phi) is 8.46. The highest BCUT2D eigenvalue weighted by molar-refractivity contribution is 6.07. The number of halogens is 3. The Balaban J connectivity index is 1.57. The highest BCUT2D eigenvalue weighted by atomic mass is 19.4. The summed E-state index contributed by atoms with van der Waals surface area (Å²) in [7, 11) is 0. The fraction of sp³-hybridized carbons (Fsp3) is 0.222. The predicted molar refractivity (Wildman–Crippen MR) is 166 cm³/mol. The number of rotatable bonds is 8. The van der Waals surface area contributed by atoms with Crippen molar-refractivity contribution in [1.29, 1.82) is 5.26 Å². The van der Waals surface area contributed by atoms with Crippen LogP contribution in [0.15, 0.2) is 83.3 Å². The molecular formula is C36H30F3N3O4. The number of benzene rings is 3. The van der Waals surface area contributed by atoms with Crippen LogP contribution < -0.4 is 0 Å². The van der Waals surface area contributed by atoms with E-state index in [2.05, 4.69) is 11.1 Å². The molecule has 2 heterocycles. The minimum absolute atomic E-state index is 0.0681. The van der Waals surface area contributed by atoms with Crippen molar-refractivity contribution in [3.05, 3.63) is 124 Å². The van der Waals surface area contributed by atoms with Gasteiger partial charge in [-0.3, -0.25) is 14.6 Å². The molecule has 0 saturated heterocycles. The molecule has 234 valence electrons. The van der Waals surface area contributed by atoms with Crippen LogP contribution in [0, 0.1) is 25.2 Å². The SMILES string of the molecule is Cc1nc2ccccc2c(C(=O)N(Cc2ccc(C(F)(F)F)o2)Cc2ccc(-c3cccc(C(C)(C)C(=O)O)c3)cc2C#N)c1C. The summed E-state index contributed by atoms with van der Waals surface area (Å²) in [6.45, 7) is 6.37. The summed E-state index contributed by atoms with van der Waals surface area (Å²) in [4.78, 5) is 32.1. The maximum atomic E-state index is 14.3. The van der Waals surface area contributed by atoms with Gasteiger partial charge >= 0.3 is 12.1 Å². The van der Waals surface area contributed by atoms with E-state index >= 15 is 0 Å². The Morgan fingerprint density at radius 1 is 0.935 bits per heavy atom. The lowest BCUT2D eigenvalue weighted by Gasteiger charge is -2.25. The third kappa shape index (κ3) is 6.22. The third-order valence-corrected chi connectivity index (χ3v) is 8.21. The number of fused-ring (bicyclic) bond motifs is 1. The number of furan rings is 1. The van der Waals surface area contributed by atoms with E-state index in [9.17, 15) is 33.1 Å². The fourth-order valence-corrected chi connectivity index (χ4v) is 5.28. The summed E-state index contributed by atoms with van der Waals surface area (Å²) in [5, 5.41) is 20.4. The molecule has 7 nitrogen and oxygen atoms in total. The van der Waals surface area contributed by atoms with Gasteiger partial charge in [0, 0.05) is 17.6 Å². The van der Waals surface area contributed by atoms with E-state index in [0.717, 1.165) is 6.07 Å². The standard InChI is InChI=1S/C36H30F3N3O4/c1-21-22(2)41-30-11-6-5-10-29(30)32(21)33(43)42(20-28-14-15-31(46-28)36(37,38)39)19-25-13-12-24(16-26(25)18-40)23-8-7-9-27(17-23)35(3,4)34(44)45/h5-17H,19-20H2,1-4H3,(H,44,45). The smallest absolute Gasteiger partial charge is 0.449 e. The lowest BCUT2D eigenvalue weighted by Crippen LogP contribution is -2.31. The zero-order valence-electron chi connectivity index (χ0n) is 25.6. The van der Waals surface area contributed by atoms with E-state index in [1.54, 1.807) is 88.4 Å². The number of nitrogens with zero attached hydrogens (tertiary/aromatic N) is 3. The first-order chi connectivity index (χ1) is 21.7. The molecule has 2 aromatic heterocycles. The quantitative estimate of drug-likeness (QED) is 0.186. The van der Waals surface area contributed by atoms with Crippen LogP contribution in [0.1, 0.15) is 63.7 Å². The molecule has 0 aliphatic rings. The third-order valence-electron chi connectivity index (χ3n) is 8.21. The molecule has 1 amide bonds. The summed E-state index contributed by atoms with van der Waals surface area (Å²) in [5.41, 5.74) is 3.75. The van der Waals surface area contributed by atoms with E-state index in [-0.39, 0.29) is 24.4 Å². The number of carboxylic acid groups (broad SMARTS) is 1. The second kappa shape index (κ2) is 12.2. The van der Waals surface area contributed by atoms with Gasteiger partial charge in [0.25, 0.3) is 5.91 Å². The lowest BCUT2D eigenvalue weighted by molar-refractivity contribution is -0.153. The summed E-state index contributed by atoms with van der Waals surface area (Å²) in [6.07, 6.45) is -4.69. The van der Waals surface area contributed by atoms with Gasteiger partial charge in [-0.15, -0.1) is 0 Å². The van der Waals surface area contributed by atoms with Gasteiger partial charge in [-0.25, -0.2) is 0 Å². The normalized spacial score (nSPS) is 11.8. The average Bonchev–Trinajstić information content (AvgIpc) is 3.51. The van der Waals surface area contributed by atoms with Gasteiger partial charge < -0.3 is 14.4 Å². The first-order valence-electron chi connectivity index (χ1n) is 14.4. The van der Waals surface area contributed by atoms with Gasteiger partial charge in [-0.05, 0) is 79.8 Å². The Hall–Kier alpha value is -5.43. The van der Waals surface area contributed by atoms with Crippen molar-refractivity contribution in [2.75, 3.05) is 0 Å². The van der Waals surface area contributed by atoms with Crippen molar-refractivity contribution < 1.29 is 32.3 Å². The van der Waals surface area contributed by atoms with Crippen molar-refractivity contribution in [1.82, 2.24) is 9.88 Å². The van der Waals surface area contributed by atoms with Gasteiger partial charge in [-0.1, -0.05) is 54.6 Å². The van der Waals surface area contributed by atoms with Crippen molar-refractivity contribution >= 4 is 22.8 Å². The average molecular weight is 626 g/mol. The highest BCUT2D eigenvalue weighted by Gasteiger charge is 2.35. The molecule has 0 radical (unpaired) electrons. The second-order valence-electron chi connectivity index (χ2n) is 11.6. The molecule has 0 atom stereocenters. The zero-order valence-corrected chi connectivity index (χ0v) is 25.6. The number of para-hydroxylation sites is 1. The van der Waals surface area contributed by atoms with Crippen LogP contribution in [0.2, 0.25) is 0 Å². The molecule has 5 aromatic rings. The van der Waals surface area contributed by atoms with E-state index in [4.69, 9.17) is 4.42 Å². The minimum atomic E-state index is -4.69. The molecule has 46 heavy (non-hydrogen) atoms. The fourth-order valence-electron chi connectivity index (χ4n) is 5.28. The van der Waals surface area contributed by atoms with Gasteiger partial charge in [0.2, 0.25) is 5.76 Å². The summed E-state index contributed by atoms with van der Waals surface area (Å²) >= 11 is 0. The number of nitriles is 1. The molecule has 0 spiro atoms. The Morgan fingerprint density at radius 3 is 2.33 bits per heavy atom. The maximum Gasteiger partial charge on any atom is 0.449 e. The van der Waals surface area contributed by atoms with Crippen LogP contribution in [-0.4, -0.2) is 26.9 Å². The Bertz CT molecular complexity index is 2020. The van der Waals surface area contributed by atoms with Gasteiger partial charge in [-0.2, -0.15) is 18.4 Å². The predicted octanol–water partition coefficient (Wildman–Crippen LogP) is 8.21. The number of alkyl halides is 3. The minimum Gasteiger partial charge on any atom is -0.481 e. The van der Waals surface area contributed by atoms with E-state index < -0.39 is 29.2 Å². The van der Waals surface area contributed by atoms with Crippen LogP contribution in [-0.2, 0) is 29.5 Å². The van der Waals surface area contributed by atoms with Crippen LogP contribution in [0.5, 0.6) is 0 Å². The summed E-state index contributed by atoms with van der Waals surface area (Å²) < 4.78 is 45.1. The summed E-state index contributed by atoms with van der Waals surface area (Å²) in [5.74, 6) is -2.68. The van der Waals surface area contributed by atoms with Gasteiger partial charge in [0.05, 0.1) is 34.7 Å². The van der Waals surface area contributed by atoms with Gasteiger partial charge in [0.15, 0.2) is 0 Å². The number of aliphatic carboxylic acids is 1. The Labute approximate surface area is 263 Å². The molecule has 0 aliphatic carbocycles.